The van der Waals surface area contributed by atoms with Gasteiger partial charge in [-0.05, 0) is 25.7 Å². The van der Waals surface area contributed by atoms with Crippen molar-refractivity contribution in [1.29, 1.82) is 0 Å². The Balaban J connectivity index is 5.57. The van der Waals surface area contributed by atoms with Crippen molar-refractivity contribution in [3.8, 4) is 0 Å². The van der Waals surface area contributed by atoms with Crippen molar-refractivity contribution in [2.24, 2.45) is 11.8 Å². The van der Waals surface area contributed by atoms with Crippen LogP contribution in [0.4, 0.5) is 0 Å². The molecule has 0 bridgehead atoms. The molecule has 0 saturated carbocycles. The minimum Gasteiger partial charge on any atom is -0.463 e. The van der Waals surface area contributed by atoms with Gasteiger partial charge < -0.3 is 9.47 Å². The Hall–Kier alpha value is -1.32. The van der Waals surface area contributed by atoms with Gasteiger partial charge in [0, 0.05) is 0 Å². The lowest BCUT2D eigenvalue weighted by Gasteiger charge is -2.18. The van der Waals surface area contributed by atoms with Gasteiger partial charge in [0.25, 0.3) is 0 Å². The van der Waals surface area contributed by atoms with Crippen LogP contribution in [0.1, 0.15) is 41.5 Å². The summed E-state index contributed by atoms with van der Waals surface area (Å²) < 4.78 is 10.0. The van der Waals surface area contributed by atoms with Crippen LogP contribution in [0, 0.1) is 11.8 Å². The van der Waals surface area contributed by atoms with Crippen LogP contribution in [0.25, 0.3) is 0 Å². The van der Waals surface area contributed by atoms with Crippen molar-refractivity contribution in [2.45, 2.75) is 41.5 Å². The zero-order chi connectivity index (χ0) is 14.3. The van der Waals surface area contributed by atoms with E-state index < -0.39 is 11.9 Å². The van der Waals surface area contributed by atoms with Crippen molar-refractivity contribution in [3.63, 3.8) is 0 Å². The van der Waals surface area contributed by atoms with Crippen LogP contribution >= 0.6 is 0 Å². The lowest BCUT2D eigenvalue weighted by Crippen LogP contribution is -2.22. The van der Waals surface area contributed by atoms with E-state index in [0.717, 1.165) is 0 Å². The molecule has 0 amide bonds. The zero-order valence-corrected chi connectivity index (χ0v) is 12.2. The molecular weight excluding hydrogens is 232 g/mol. The van der Waals surface area contributed by atoms with E-state index in [1.807, 2.05) is 27.7 Å². The van der Waals surface area contributed by atoms with Gasteiger partial charge in [0.2, 0.25) is 0 Å². The maximum absolute atomic E-state index is 12.0. The third-order valence-corrected chi connectivity index (χ3v) is 2.44. The fourth-order valence-corrected chi connectivity index (χ4v) is 1.73. The largest absolute Gasteiger partial charge is 0.463 e. The zero-order valence-electron chi connectivity index (χ0n) is 12.2. The maximum atomic E-state index is 12.0. The predicted octanol–water partition coefficient (Wildman–Crippen LogP) is 2.72. The highest BCUT2D eigenvalue weighted by molar-refractivity contribution is 6.01. The molecule has 0 saturated heterocycles. The molecule has 0 aliphatic heterocycles. The first kappa shape index (κ1) is 16.7. The molecular formula is C14H24O4. The van der Waals surface area contributed by atoms with Gasteiger partial charge in [0.05, 0.1) is 24.4 Å². The Bertz CT molecular complexity index is 295. The summed E-state index contributed by atoms with van der Waals surface area (Å²) in [6, 6.07) is 0. The average molecular weight is 256 g/mol. The van der Waals surface area contributed by atoms with Gasteiger partial charge in [-0.2, -0.15) is 0 Å². The van der Waals surface area contributed by atoms with Gasteiger partial charge in [-0.25, -0.2) is 9.59 Å². The fourth-order valence-electron chi connectivity index (χ4n) is 1.73. The predicted molar refractivity (Wildman–Crippen MR) is 70.0 cm³/mol. The quantitative estimate of drug-likeness (QED) is 0.541. The summed E-state index contributed by atoms with van der Waals surface area (Å²) in [5.41, 5.74) is 0.843. The van der Waals surface area contributed by atoms with E-state index in [1.165, 1.54) is 0 Å². The normalized spacial score (nSPS) is 12.4. The van der Waals surface area contributed by atoms with Crippen LogP contribution in [0.3, 0.4) is 0 Å². The second-order valence-electron chi connectivity index (χ2n) is 4.58. The Morgan fingerprint density at radius 3 is 1.22 bits per heavy atom. The Morgan fingerprint density at radius 2 is 1.06 bits per heavy atom. The molecule has 104 valence electrons. The smallest absolute Gasteiger partial charge is 0.334 e. The van der Waals surface area contributed by atoms with E-state index in [-0.39, 0.29) is 11.8 Å². The summed E-state index contributed by atoms with van der Waals surface area (Å²) in [7, 11) is 0. The monoisotopic (exact) mass is 256 g/mol. The first-order chi connectivity index (χ1) is 8.36. The molecule has 0 aromatic rings. The Kier molecular flexibility index (Phi) is 7.32. The molecule has 0 aromatic carbocycles. The van der Waals surface area contributed by atoms with E-state index in [1.54, 1.807) is 13.8 Å². The van der Waals surface area contributed by atoms with Crippen LogP contribution in [-0.4, -0.2) is 25.2 Å². The van der Waals surface area contributed by atoms with Crippen molar-refractivity contribution >= 4 is 11.9 Å². The number of esters is 2. The van der Waals surface area contributed by atoms with E-state index in [2.05, 4.69) is 0 Å². The number of carbonyl (C=O) groups is 2. The summed E-state index contributed by atoms with van der Waals surface area (Å²) in [5, 5.41) is 0. The lowest BCUT2D eigenvalue weighted by atomic mass is 9.90. The van der Waals surface area contributed by atoms with Crippen molar-refractivity contribution in [3.05, 3.63) is 11.1 Å². The molecule has 0 rings (SSSR count). The molecule has 0 aliphatic carbocycles. The van der Waals surface area contributed by atoms with Gasteiger partial charge in [-0.3, -0.25) is 0 Å². The van der Waals surface area contributed by atoms with Crippen LogP contribution in [0.15, 0.2) is 11.1 Å². The lowest BCUT2D eigenvalue weighted by molar-refractivity contribution is -0.142. The van der Waals surface area contributed by atoms with E-state index in [9.17, 15) is 9.59 Å². The summed E-state index contributed by atoms with van der Waals surface area (Å²) in [5.74, 6) is -1.01. The first-order valence-electron chi connectivity index (χ1n) is 6.44. The van der Waals surface area contributed by atoms with E-state index in [4.69, 9.17) is 9.47 Å². The SMILES string of the molecule is CCOC(=O)/C(=C(\C(=O)OCC)C(C)C)C(C)C. The molecule has 0 aliphatic rings. The maximum Gasteiger partial charge on any atom is 0.334 e. The Morgan fingerprint density at radius 1 is 0.778 bits per heavy atom. The number of rotatable bonds is 6. The molecule has 0 fully saturated rings. The van der Waals surface area contributed by atoms with Gasteiger partial charge in [0.15, 0.2) is 0 Å². The van der Waals surface area contributed by atoms with Gasteiger partial charge in [0.1, 0.15) is 0 Å². The summed E-state index contributed by atoms with van der Waals surface area (Å²) in [6.07, 6.45) is 0. The van der Waals surface area contributed by atoms with Crippen LogP contribution in [0.2, 0.25) is 0 Å². The molecule has 0 spiro atoms. The summed E-state index contributed by atoms with van der Waals surface area (Å²) in [4.78, 5) is 23.9. The minimum atomic E-state index is -0.427. The van der Waals surface area contributed by atoms with Crippen LogP contribution in [-0.2, 0) is 19.1 Å². The van der Waals surface area contributed by atoms with Crippen molar-refractivity contribution in [2.75, 3.05) is 13.2 Å². The topological polar surface area (TPSA) is 52.6 Å². The fraction of sp³-hybridized carbons (Fsp3) is 0.714. The molecule has 0 atom stereocenters. The molecule has 0 radical (unpaired) electrons. The summed E-state index contributed by atoms with van der Waals surface area (Å²) >= 11 is 0. The number of ether oxygens (including phenoxy) is 2. The highest BCUT2D eigenvalue weighted by atomic mass is 16.5. The van der Waals surface area contributed by atoms with Gasteiger partial charge in [-0.1, -0.05) is 27.7 Å². The third-order valence-electron chi connectivity index (χ3n) is 2.44. The Labute approximate surface area is 109 Å². The molecule has 0 heterocycles. The van der Waals surface area contributed by atoms with E-state index in [0.29, 0.717) is 24.4 Å². The molecule has 4 heteroatoms. The standard InChI is InChI=1S/C14H24O4/c1-7-17-13(15)11(9(3)4)12(10(5)6)14(16)18-8-2/h9-10H,7-8H2,1-6H3/b12-11-. The highest BCUT2D eigenvalue weighted by Crippen LogP contribution is 2.24. The molecule has 18 heavy (non-hydrogen) atoms. The molecule has 0 unspecified atom stereocenters. The molecule has 0 aromatic heterocycles. The first-order valence-corrected chi connectivity index (χ1v) is 6.44. The molecule has 4 nitrogen and oxygen atoms in total. The minimum absolute atomic E-state index is 0.0779. The summed E-state index contributed by atoms with van der Waals surface area (Å²) in [6.45, 7) is 11.6. The number of hydrogen-bond acceptors (Lipinski definition) is 4. The van der Waals surface area contributed by atoms with Crippen LogP contribution in [0.5, 0.6) is 0 Å². The van der Waals surface area contributed by atoms with Gasteiger partial charge in [-0.15, -0.1) is 0 Å². The van der Waals surface area contributed by atoms with E-state index >= 15 is 0 Å². The number of carbonyl (C=O) groups excluding carboxylic acids is 2. The van der Waals surface area contributed by atoms with Crippen LogP contribution < -0.4 is 0 Å². The van der Waals surface area contributed by atoms with Crippen molar-refractivity contribution in [1.82, 2.24) is 0 Å². The highest BCUT2D eigenvalue weighted by Gasteiger charge is 2.27. The average Bonchev–Trinajstić information content (AvgIpc) is 2.24. The second kappa shape index (κ2) is 7.90. The number of hydrogen-bond donors (Lipinski definition) is 0. The molecule has 0 N–H and O–H groups in total. The van der Waals surface area contributed by atoms with Gasteiger partial charge >= 0.3 is 11.9 Å². The van der Waals surface area contributed by atoms with Crippen molar-refractivity contribution < 1.29 is 19.1 Å². The third kappa shape index (κ3) is 4.51. The second-order valence-corrected chi connectivity index (χ2v) is 4.58.